The number of nitrogens with zero attached hydrogens (tertiary/aromatic N) is 4. The first kappa shape index (κ1) is 9.84. The van der Waals surface area contributed by atoms with Crippen LogP contribution in [0, 0.1) is 8.47 Å². The normalized spacial score (nSPS) is 10.8. The number of halogens is 1. The van der Waals surface area contributed by atoms with Crippen molar-refractivity contribution in [3.8, 4) is 11.4 Å². The predicted molar refractivity (Wildman–Crippen MR) is 63.3 cm³/mol. The largest absolute Gasteiger partial charge is 0.279 e. The Hall–Kier alpha value is -0.700. The molecule has 2 aromatic rings. The molecular formula is C7H8IN5S. The molecule has 0 amide bonds. The van der Waals surface area contributed by atoms with Gasteiger partial charge in [0.05, 0.1) is 11.8 Å². The van der Waals surface area contributed by atoms with Crippen molar-refractivity contribution in [3.05, 3.63) is 14.7 Å². The Kier molecular flexibility index (Phi) is 2.43. The zero-order chi connectivity index (χ0) is 10.3. The SMILES string of the molecule is Cn1ncc(-c2nc(=S)n(C)[nH]2)c1I. The molecule has 5 nitrogen and oxygen atoms in total. The standard InChI is InChI=1S/C7H8IN5S/c1-12-5(8)4(3-9-12)6-10-7(14)13(2)11-6/h3H,1-2H3,(H,10,11,14). The predicted octanol–water partition coefficient (Wildman–Crippen LogP) is 1.48. The Morgan fingerprint density at radius 3 is 2.64 bits per heavy atom. The fraction of sp³-hybridized carbons (Fsp3) is 0.286. The van der Waals surface area contributed by atoms with Crippen LogP contribution in [0.4, 0.5) is 0 Å². The summed E-state index contributed by atoms with van der Waals surface area (Å²) >= 11 is 7.24. The maximum absolute atomic E-state index is 5.02. The summed E-state index contributed by atoms with van der Waals surface area (Å²) in [6, 6.07) is 0. The molecule has 7 heteroatoms. The van der Waals surface area contributed by atoms with E-state index in [0.29, 0.717) is 4.77 Å². The van der Waals surface area contributed by atoms with Crippen molar-refractivity contribution in [1.29, 1.82) is 0 Å². The van der Waals surface area contributed by atoms with Gasteiger partial charge in [0.1, 0.15) is 3.70 Å². The van der Waals surface area contributed by atoms with Crippen LogP contribution in [0.5, 0.6) is 0 Å². The number of aryl methyl sites for hydroxylation is 2. The molecular weight excluding hydrogens is 313 g/mol. The Balaban J connectivity index is 2.60. The van der Waals surface area contributed by atoms with Gasteiger partial charge in [0.25, 0.3) is 0 Å². The third-order valence-electron chi connectivity index (χ3n) is 1.89. The van der Waals surface area contributed by atoms with Crippen LogP contribution in [0.25, 0.3) is 11.4 Å². The van der Waals surface area contributed by atoms with Crippen molar-refractivity contribution >= 4 is 34.8 Å². The van der Waals surface area contributed by atoms with Crippen LogP contribution in [0.1, 0.15) is 0 Å². The first-order valence-corrected chi connectivity index (χ1v) is 5.39. The van der Waals surface area contributed by atoms with E-state index in [4.69, 9.17) is 12.2 Å². The topological polar surface area (TPSA) is 51.4 Å². The summed E-state index contributed by atoms with van der Waals surface area (Å²) < 4.78 is 5.07. The van der Waals surface area contributed by atoms with E-state index < -0.39 is 0 Å². The maximum atomic E-state index is 5.02. The zero-order valence-electron chi connectivity index (χ0n) is 7.65. The summed E-state index contributed by atoms with van der Waals surface area (Å²) in [5, 5.41) is 7.20. The summed E-state index contributed by atoms with van der Waals surface area (Å²) in [6.07, 6.45) is 1.77. The molecule has 0 bridgehead atoms. The van der Waals surface area contributed by atoms with Crippen LogP contribution >= 0.6 is 34.8 Å². The van der Waals surface area contributed by atoms with Crippen LogP contribution in [-0.2, 0) is 14.1 Å². The molecule has 0 unspecified atom stereocenters. The number of rotatable bonds is 1. The van der Waals surface area contributed by atoms with Gasteiger partial charge in [-0.1, -0.05) is 0 Å². The first-order valence-electron chi connectivity index (χ1n) is 3.90. The molecule has 0 aliphatic heterocycles. The average Bonchev–Trinajstić information content (AvgIpc) is 2.61. The minimum Gasteiger partial charge on any atom is -0.279 e. The number of hydrogen-bond donors (Lipinski definition) is 1. The smallest absolute Gasteiger partial charge is 0.216 e. The molecule has 14 heavy (non-hydrogen) atoms. The second-order valence-corrected chi connectivity index (χ2v) is 4.27. The molecule has 0 spiro atoms. The summed E-state index contributed by atoms with van der Waals surface area (Å²) in [4.78, 5) is 4.22. The van der Waals surface area contributed by atoms with Crippen LogP contribution in [0.15, 0.2) is 6.20 Å². The van der Waals surface area contributed by atoms with Crippen molar-refractivity contribution in [2.24, 2.45) is 14.1 Å². The maximum Gasteiger partial charge on any atom is 0.216 e. The van der Waals surface area contributed by atoms with E-state index in [2.05, 4.69) is 37.8 Å². The second kappa shape index (κ2) is 3.46. The van der Waals surface area contributed by atoms with Crippen molar-refractivity contribution in [2.75, 3.05) is 0 Å². The zero-order valence-corrected chi connectivity index (χ0v) is 10.6. The minimum atomic E-state index is 0.541. The second-order valence-electron chi connectivity index (χ2n) is 2.89. The highest BCUT2D eigenvalue weighted by molar-refractivity contribution is 14.1. The van der Waals surface area contributed by atoms with Crippen molar-refractivity contribution in [1.82, 2.24) is 24.5 Å². The third-order valence-corrected chi connectivity index (χ3v) is 3.53. The van der Waals surface area contributed by atoms with Gasteiger partial charge in [0.15, 0.2) is 5.82 Å². The molecule has 1 N–H and O–H groups in total. The number of aromatic nitrogens is 5. The molecule has 74 valence electrons. The lowest BCUT2D eigenvalue weighted by Crippen LogP contribution is -1.93. The number of aromatic amines is 1. The Morgan fingerprint density at radius 2 is 2.21 bits per heavy atom. The van der Waals surface area contributed by atoms with Gasteiger partial charge in [-0.25, -0.2) is 0 Å². The third kappa shape index (κ3) is 1.50. The van der Waals surface area contributed by atoms with Crippen molar-refractivity contribution in [3.63, 3.8) is 0 Å². The van der Waals surface area contributed by atoms with Gasteiger partial charge < -0.3 is 0 Å². The fourth-order valence-corrected chi connectivity index (χ4v) is 1.76. The number of H-pyrrole nitrogens is 1. The molecule has 0 fully saturated rings. The van der Waals surface area contributed by atoms with E-state index in [-0.39, 0.29) is 0 Å². The first-order chi connectivity index (χ1) is 6.59. The van der Waals surface area contributed by atoms with E-state index >= 15 is 0 Å². The van der Waals surface area contributed by atoms with Crippen LogP contribution in [0.2, 0.25) is 0 Å². The Labute approximate surface area is 99.3 Å². The number of hydrogen-bond acceptors (Lipinski definition) is 3. The summed E-state index contributed by atoms with van der Waals surface area (Å²) in [6.45, 7) is 0. The number of nitrogens with one attached hydrogen (secondary N) is 1. The van der Waals surface area contributed by atoms with Gasteiger partial charge in [0, 0.05) is 14.1 Å². The van der Waals surface area contributed by atoms with Gasteiger partial charge in [-0.05, 0) is 34.8 Å². The van der Waals surface area contributed by atoms with E-state index in [1.165, 1.54) is 0 Å². The van der Waals surface area contributed by atoms with Crippen LogP contribution in [-0.4, -0.2) is 24.5 Å². The summed E-state index contributed by atoms with van der Waals surface area (Å²) in [5.74, 6) is 0.759. The van der Waals surface area contributed by atoms with Crippen LogP contribution < -0.4 is 0 Å². The molecule has 2 rings (SSSR count). The monoisotopic (exact) mass is 321 g/mol. The molecule has 2 aromatic heterocycles. The molecule has 0 aliphatic rings. The van der Waals surface area contributed by atoms with Gasteiger partial charge in [0.2, 0.25) is 4.77 Å². The molecule has 0 saturated carbocycles. The van der Waals surface area contributed by atoms with E-state index in [0.717, 1.165) is 15.1 Å². The lowest BCUT2D eigenvalue weighted by atomic mass is 10.3. The molecule has 0 radical (unpaired) electrons. The highest BCUT2D eigenvalue weighted by Gasteiger charge is 2.10. The van der Waals surface area contributed by atoms with Gasteiger partial charge in [-0.2, -0.15) is 10.1 Å². The molecule has 0 aliphatic carbocycles. The van der Waals surface area contributed by atoms with E-state index in [1.54, 1.807) is 15.6 Å². The van der Waals surface area contributed by atoms with E-state index in [9.17, 15) is 0 Å². The molecule has 0 aromatic carbocycles. The average molecular weight is 321 g/mol. The van der Waals surface area contributed by atoms with Crippen molar-refractivity contribution < 1.29 is 0 Å². The quantitative estimate of drug-likeness (QED) is 0.639. The molecule has 0 saturated heterocycles. The lowest BCUT2D eigenvalue weighted by Gasteiger charge is -1.93. The fourth-order valence-electron chi connectivity index (χ4n) is 1.10. The highest BCUT2D eigenvalue weighted by atomic mass is 127. The Morgan fingerprint density at radius 1 is 1.50 bits per heavy atom. The van der Waals surface area contributed by atoms with Gasteiger partial charge in [-0.3, -0.25) is 14.5 Å². The summed E-state index contributed by atoms with van der Waals surface area (Å²) in [7, 11) is 3.73. The van der Waals surface area contributed by atoms with Crippen LogP contribution in [0.3, 0.4) is 0 Å². The molecule has 2 heterocycles. The lowest BCUT2D eigenvalue weighted by molar-refractivity contribution is 0.746. The Bertz CT molecular complexity index is 522. The van der Waals surface area contributed by atoms with Gasteiger partial charge >= 0.3 is 0 Å². The highest BCUT2D eigenvalue weighted by Crippen LogP contribution is 2.20. The molecule has 0 atom stereocenters. The summed E-state index contributed by atoms with van der Waals surface area (Å²) in [5.41, 5.74) is 0.972. The van der Waals surface area contributed by atoms with Gasteiger partial charge in [-0.15, -0.1) is 0 Å². The minimum absolute atomic E-state index is 0.541. The van der Waals surface area contributed by atoms with E-state index in [1.807, 2.05) is 14.1 Å². The van der Waals surface area contributed by atoms with Crippen molar-refractivity contribution in [2.45, 2.75) is 0 Å².